The van der Waals surface area contributed by atoms with E-state index in [1.807, 2.05) is 26.0 Å². The van der Waals surface area contributed by atoms with Gasteiger partial charge in [-0.05, 0) is 38.3 Å². The molecule has 1 amide bonds. The van der Waals surface area contributed by atoms with Gasteiger partial charge in [-0.2, -0.15) is 0 Å². The van der Waals surface area contributed by atoms with E-state index in [0.29, 0.717) is 0 Å². The highest BCUT2D eigenvalue weighted by molar-refractivity contribution is 5.80. The van der Waals surface area contributed by atoms with Gasteiger partial charge in [0.15, 0.2) is 0 Å². The molecule has 4 heteroatoms. The summed E-state index contributed by atoms with van der Waals surface area (Å²) in [7, 11) is 0. The van der Waals surface area contributed by atoms with Gasteiger partial charge in [-0.25, -0.2) is 4.98 Å². The van der Waals surface area contributed by atoms with Gasteiger partial charge in [-0.1, -0.05) is 24.3 Å². The monoisotopic (exact) mass is 271 g/mol. The zero-order chi connectivity index (χ0) is 14.5. The van der Waals surface area contributed by atoms with Gasteiger partial charge in [0.1, 0.15) is 6.04 Å². The van der Waals surface area contributed by atoms with E-state index < -0.39 is 0 Å². The van der Waals surface area contributed by atoms with Gasteiger partial charge in [0, 0.05) is 18.4 Å². The number of amides is 1. The van der Waals surface area contributed by atoms with Crippen LogP contribution in [0.2, 0.25) is 0 Å². The molecule has 2 atom stereocenters. The second-order valence-electron chi connectivity index (χ2n) is 5.23. The first-order valence-electron chi connectivity index (χ1n) is 6.90. The lowest BCUT2D eigenvalue weighted by Crippen LogP contribution is -2.38. The van der Waals surface area contributed by atoms with E-state index in [0.717, 1.165) is 6.42 Å². The van der Waals surface area contributed by atoms with Crippen molar-refractivity contribution in [2.24, 2.45) is 0 Å². The number of aryl methyl sites for hydroxylation is 1. The summed E-state index contributed by atoms with van der Waals surface area (Å²) < 4.78 is 1.80. The number of carbonyl (C=O) groups is 1. The van der Waals surface area contributed by atoms with Crippen LogP contribution in [-0.2, 0) is 11.2 Å². The van der Waals surface area contributed by atoms with Gasteiger partial charge in [0.05, 0.1) is 6.33 Å². The minimum atomic E-state index is -0.239. The Hall–Kier alpha value is -2.10. The maximum atomic E-state index is 12.2. The average Bonchev–Trinajstić information content (AvgIpc) is 2.94. The van der Waals surface area contributed by atoms with Crippen LogP contribution >= 0.6 is 0 Å². The van der Waals surface area contributed by atoms with Crippen LogP contribution in [0.4, 0.5) is 0 Å². The third kappa shape index (κ3) is 3.47. The second kappa shape index (κ2) is 6.37. The van der Waals surface area contributed by atoms with E-state index in [1.54, 1.807) is 23.3 Å². The molecule has 2 rings (SSSR count). The Morgan fingerprint density at radius 2 is 2.10 bits per heavy atom. The Kier molecular flexibility index (Phi) is 4.56. The van der Waals surface area contributed by atoms with Crippen LogP contribution < -0.4 is 5.32 Å². The Bertz CT molecular complexity index is 563. The molecule has 106 valence electrons. The summed E-state index contributed by atoms with van der Waals surface area (Å²) in [5.41, 5.74) is 2.53. The molecule has 20 heavy (non-hydrogen) atoms. The zero-order valence-electron chi connectivity index (χ0n) is 12.2. The first-order chi connectivity index (χ1) is 9.58. The molecule has 0 saturated heterocycles. The van der Waals surface area contributed by atoms with Crippen molar-refractivity contribution < 1.29 is 4.79 Å². The predicted molar refractivity (Wildman–Crippen MR) is 79.4 cm³/mol. The lowest BCUT2D eigenvalue weighted by molar-refractivity contribution is -0.124. The van der Waals surface area contributed by atoms with E-state index in [2.05, 4.69) is 29.4 Å². The van der Waals surface area contributed by atoms with Gasteiger partial charge in [0.2, 0.25) is 5.91 Å². The summed E-state index contributed by atoms with van der Waals surface area (Å²) in [6.07, 6.45) is 5.99. The van der Waals surface area contributed by atoms with Crippen molar-refractivity contribution in [1.82, 2.24) is 14.9 Å². The van der Waals surface area contributed by atoms with Crippen molar-refractivity contribution in [1.29, 1.82) is 0 Å². The minimum absolute atomic E-state index is 0.0177. The molecule has 0 aliphatic carbocycles. The number of nitrogens with one attached hydrogen (secondary N) is 1. The molecular formula is C16H21N3O. The van der Waals surface area contributed by atoms with E-state index >= 15 is 0 Å². The third-order valence-corrected chi connectivity index (χ3v) is 3.53. The number of nitrogens with zero attached hydrogens (tertiary/aromatic N) is 2. The Labute approximate surface area is 119 Å². The summed E-state index contributed by atoms with van der Waals surface area (Å²) in [4.78, 5) is 16.1. The molecule has 1 heterocycles. The lowest BCUT2D eigenvalue weighted by atomic mass is 10.0. The quantitative estimate of drug-likeness (QED) is 0.908. The highest BCUT2D eigenvalue weighted by atomic mass is 16.2. The Balaban J connectivity index is 1.93. The Morgan fingerprint density at radius 3 is 2.75 bits per heavy atom. The number of rotatable bonds is 5. The summed E-state index contributed by atoms with van der Waals surface area (Å²) in [5.74, 6) is 0.0177. The van der Waals surface area contributed by atoms with E-state index in [4.69, 9.17) is 0 Å². The largest absolute Gasteiger partial charge is 0.352 e. The number of carbonyl (C=O) groups excluding carboxylic acids is 1. The van der Waals surface area contributed by atoms with Gasteiger partial charge in [0.25, 0.3) is 0 Å². The molecule has 0 fully saturated rings. The molecule has 0 radical (unpaired) electrons. The van der Waals surface area contributed by atoms with Gasteiger partial charge in [-0.15, -0.1) is 0 Å². The van der Waals surface area contributed by atoms with Crippen LogP contribution in [-0.4, -0.2) is 21.5 Å². The fraction of sp³-hybridized carbons (Fsp3) is 0.375. The first kappa shape index (κ1) is 14.3. The smallest absolute Gasteiger partial charge is 0.243 e. The van der Waals surface area contributed by atoms with E-state index in [-0.39, 0.29) is 18.0 Å². The van der Waals surface area contributed by atoms with Crippen LogP contribution in [0.15, 0.2) is 43.0 Å². The standard InChI is InChI=1S/C16H21N3O/c1-12-6-4-5-7-15(12)10-13(2)18-16(20)14(3)19-9-8-17-11-19/h4-9,11,13-14H,10H2,1-3H3,(H,18,20)/t13-,14-/m0/s1. The van der Waals surface area contributed by atoms with E-state index in [1.165, 1.54) is 11.1 Å². The fourth-order valence-electron chi connectivity index (χ4n) is 2.22. The number of benzene rings is 1. The van der Waals surface area contributed by atoms with E-state index in [9.17, 15) is 4.79 Å². The lowest BCUT2D eigenvalue weighted by Gasteiger charge is -2.19. The van der Waals surface area contributed by atoms with Crippen LogP contribution in [0, 0.1) is 6.92 Å². The first-order valence-corrected chi connectivity index (χ1v) is 6.90. The number of hydrogen-bond donors (Lipinski definition) is 1. The number of imidazole rings is 1. The predicted octanol–water partition coefficient (Wildman–Crippen LogP) is 2.50. The van der Waals surface area contributed by atoms with Gasteiger partial charge >= 0.3 is 0 Å². The summed E-state index contributed by atoms with van der Waals surface area (Å²) >= 11 is 0. The number of aromatic nitrogens is 2. The Morgan fingerprint density at radius 1 is 1.35 bits per heavy atom. The van der Waals surface area contributed by atoms with Crippen molar-refractivity contribution in [3.63, 3.8) is 0 Å². The highest BCUT2D eigenvalue weighted by Gasteiger charge is 2.16. The average molecular weight is 271 g/mol. The van der Waals surface area contributed by atoms with Crippen LogP contribution in [0.5, 0.6) is 0 Å². The van der Waals surface area contributed by atoms with Crippen molar-refractivity contribution in [2.75, 3.05) is 0 Å². The molecule has 0 saturated carbocycles. The second-order valence-corrected chi connectivity index (χ2v) is 5.23. The SMILES string of the molecule is Cc1ccccc1C[C@H](C)NC(=O)[C@H](C)n1ccnc1. The van der Waals surface area contributed by atoms with Crippen molar-refractivity contribution in [3.05, 3.63) is 54.1 Å². The molecule has 1 aromatic heterocycles. The molecule has 0 unspecified atom stereocenters. The number of hydrogen-bond acceptors (Lipinski definition) is 2. The highest BCUT2D eigenvalue weighted by Crippen LogP contribution is 2.11. The molecule has 1 aromatic carbocycles. The zero-order valence-corrected chi connectivity index (χ0v) is 12.2. The summed E-state index contributed by atoms with van der Waals surface area (Å²) in [5, 5.41) is 3.06. The molecule has 0 aliphatic rings. The van der Waals surface area contributed by atoms with Crippen molar-refractivity contribution in [2.45, 2.75) is 39.3 Å². The normalized spacial score (nSPS) is 13.8. The van der Waals surface area contributed by atoms with Crippen LogP contribution in [0.3, 0.4) is 0 Å². The molecule has 1 N–H and O–H groups in total. The summed E-state index contributed by atoms with van der Waals surface area (Å²) in [6.45, 7) is 6.00. The topological polar surface area (TPSA) is 46.9 Å². The molecular weight excluding hydrogens is 250 g/mol. The molecule has 0 bridgehead atoms. The van der Waals surface area contributed by atoms with Crippen LogP contribution in [0.25, 0.3) is 0 Å². The maximum absolute atomic E-state index is 12.2. The van der Waals surface area contributed by atoms with Crippen LogP contribution in [0.1, 0.15) is 31.0 Å². The molecule has 2 aromatic rings. The summed E-state index contributed by atoms with van der Waals surface area (Å²) in [6, 6.07) is 8.13. The minimum Gasteiger partial charge on any atom is -0.352 e. The molecule has 0 spiro atoms. The van der Waals surface area contributed by atoms with Crippen molar-refractivity contribution in [3.8, 4) is 0 Å². The molecule has 0 aliphatic heterocycles. The fourth-order valence-corrected chi connectivity index (χ4v) is 2.22. The van der Waals surface area contributed by atoms with Crippen molar-refractivity contribution >= 4 is 5.91 Å². The third-order valence-electron chi connectivity index (χ3n) is 3.53. The van der Waals surface area contributed by atoms with Gasteiger partial charge in [-0.3, -0.25) is 4.79 Å². The maximum Gasteiger partial charge on any atom is 0.243 e. The molecule has 4 nitrogen and oxygen atoms in total. The van der Waals surface area contributed by atoms with Gasteiger partial charge < -0.3 is 9.88 Å².